The topological polar surface area (TPSA) is 63.4 Å². The molecule has 21 heavy (non-hydrogen) atoms. The molecule has 2 aliphatic rings. The Labute approximate surface area is 123 Å². The number of hydrogen-bond donors (Lipinski definition) is 1. The van der Waals surface area contributed by atoms with Gasteiger partial charge in [0.25, 0.3) is 0 Å². The van der Waals surface area contributed by atoms with Crippen LogP contribution in [0.25, 0.3) is 0 Å². The van der Waals surface area contributed by atoms with E-state index in [2.05, 4.69) is 0 Å². The molecule has 1 heterocycles. The van der Waals surface area contributed by atoms with E-state index in [4.69, 9.17) is 5.73 Å². The summed E-state index contributed by atoms with van der Waals surface area (Å²) in [4.78, 5) is 25.8. The summed E-state index contributed by atoms with van der Waals surface area (Å²) in [5.74, 6) is -1.22. The lowest BCUT2D eigenvalue weighted by Crippen LogP contribution is -2.49. The van der Waals surface area contributed by atoms with Crippen molar-refractivity contribution in [3.63, 3.8) is 0 Å². The summed E-state index contributed by atoms with van der Waals surface area (Å²) in [6.07, 6.45) is 5.81. The molecule has 0 bridgehead atoms. The summed E-state index contributed by atoms with van der Waals surface area (Å²) in [5, 5.41) is 0. The molecular formula is C16H19FN2O2. The number of hydrogen-bond acceptors (Lipinski definition) is 3. The number of imide groups is 1. The fourth-order valence-electron chi connectivity index (χ4n) is 3.63. The summed E-state index contributed by atoms with van der Waals surface area (Å²) in [6.45, 7) is 0. The van der Waals surface area contributed by atoms with Gasteiger partial charge in [-0.15, -0.1) is 0 Å². The fraction of sp³-hybridized carbons (Fsp3) is 0.500. The predicted octanol–water partition coefficient (Wildman–Crippen LogP) is 3.01. The lowest BCUT2D eigenvalue weighted by atomic mass is 9.67. The number of benzene rings is 1. The molecule has 1 aliphatic heterocycles. The van der Waals surface area contributed by atoms with E-state index in [0.29, 0.717) is 12.8 Å². The van der Waals surface area contributed by atoms with E-state index in [9.17, 15) is 14.0 Å². The fourth-order valence-corrected chi connectivity index (χ4v) is 3.63. The molecule has 0 unspecified atom stereocenters. The summed E-state index contributed by atoms with van der Waals surface area (Å²) in [6, 6.07) is 4.05. The second kappa shape index (κ2) is 5.13. The van der Waals surface area contributed by atoms with Crippen molar-refractivity contribution in [2.24, 2.45) is 5.41 Å². The molecule has 1 saturated heterocycles. The van der Waals surface area contributed by atoms with Crippen LogP contribution < -0.4 is 10.6 Å². The third-order valence-electron chi connectivity index (χ3n) is 4.68. The maximum absolute atomic E-state index is 14.0. The second-order valence-electron chi connectivity index (χ2n) is 6.25. The molecule has 2 amide bonds. The number of anilines is 2. The number of rotatable bonds is 1. The van der Waals surface area contributed by atoms with Crippen molar-refractivity contribution in [3.8, 4) is 0 Å². The first-order chi connectivity index (χ1) is 10.0. The maximum atomic E-state index is 14.0. The summed E-state index contributed by atoms with van der Waals surface area (Å²) in [7, 11) is 0. The zero-order valence-corrected chi connectivity index (χ0v) is 11.9. The number of piperidine rings is 1. The second-order valence-corrected chi connectivity index (χ2v) is 6.25. The van der Waals surface area contributed by atoms with E-state index in [1.807, 2.05) is 0 Å². The van der Waals surface area contributed by atoms with E-state index < -0.39 is 5.82 Å². The van der Waals surface area contributed by atoms with Crippen molar-refractivity contribution >= 4 is 23.2 Å². The van der Waals surface area contributed by atoms with Crippen molar-refractivity contribution < 1.29 is 14.0 Å². The molecule has 1 spiro atoms. The van der Waals surface area contributed by atoms with Gasteiger partial charge < -0.3 is 5.73 Å². The Hall–Kier alpha value is -1.91. The molecule has 1 aromatic rings. The Kier molecular flexibility index (Phi) is 3.43. The smallest absolute Gasteiger partial charge is 0.234 e. The molecule has 2 fully saturated rings. The van der Waals surface area contributed by atoms with Gasteiger partial charge in [0.05, 0.1) is 5.69 Å². The predicted molar refractivity (Wildman–Crippen MR) is 78.1 cm³/mol. The third kappa shape index (κ3) is 2.52. The van der Waals surface area contributed by atoms with Gasteiger partial charge >= 0.3 is 0 Å². The molecule has 4 nitrogen and oxygen atoms in total. The Morgan fingerprint density at radius 2 is 1.67 bits per heavy atom. The minimum atomic E-state index is -0.628. The van der Waals surface area contributed by atoms with Crippen LogP contribution in [0.5, 0.6) is 0 Å². The zero-order chi connectivity index (χ0) is 15.0. The monoisotopic (exact) mass is 290 g/mol. The minimum absolute atomic E-state index is 0.0184. The van der Waals surface area contributed by atoms with Crippen molar-refractivity contribution in [2.75, 3.05) is 10.6 Å². The van der Waals surface area contributed by atoms with E-state index >= 15 is 0 Å². The highest BCUT2D eigenvalue weighted by atomic mass is 19.1. The quantitative estimate of drug-likeness (QED) is 0.638. The van der Waals surface area contributed by atoms with Crippen LogP contribution in [-0.4, -0.2) is 11.8 Å². The molecule has 0 aromatic heterocycles. The van der Waals surface area contributed by atoms with Crippen LogP contribution in [-0.2, 0) is 9.59 Å². The van der Waals surface area contributed by atoms with E-state index in [1.165, 1.54) is 18.6 Å². The first-order valence-corrected chi connectivity index (χ1v) is 7.42. The van der Waals surface area contributed by atoms with Crippen LogP contribution >= 0.6 is 0 Å². The average molecular weight is 290 g/mol. The number of nitrogen functional groups attached to an aromatic ring is 1. The van der Waals surface area contributed by atoms with Gasteiger partial charge in [0.15, 0.2) is 0 Å². The van der Waals surface area contributed by atoms with Crippen molar-refractivity contribution in [3.05, 3.63) is 24.0 Å². The minimum Gasteiger partial charge on any atom is -0.399 e. The molecule has 0 radical (unpaired) electrons. The molecular weight excluding hydrogens is 271 g/mol. The Bertz CT molecular complexity index is 574. The molecule has 3 rings (SSSR count). The molecule has 1 aromatic carbocycles. The Morgan fingerprint density at radius 3 is 2.24 bits per heavy atom. The van der Waals surface area contributed by atoms with Crippen LogP contribution in [0.1, 0.15) is 44.9 Å². The van der Waals surface area contributed by atoms with Gasteiger partial charge in [0.1, 0.15) is 5.82 Å². The van der Waals surface area contributed by atoms with Gasteiger partial charge in [0.2, 0.25) is 11.8 Å². The highest BCUT2D eigenvalue weighted by Crippen LogP contribution is 2.46. The standard InChI is InChI=1S/C16H19FN2O2/c17-12-8-11(18)4-5-13(12)19-14(20)9-16(10-15(19)21)6-2-1-3-7-16/h4-5,8H,1-3,6-7,9-10,18H2. The normalized spacial score (nSPS) is 21.9. The molecule has 0 atom stereocenters. The van der Waals surface area contributed by atoms with Crippen LogP contribution in [0.4, 0.5) is 15.8 Å². The summed E-state index contributed by atoms with van der Waals surface area (Å²) >= 11 is 0. The first-order valence-electron chi connectivity index (χ1n) is 7.42. The number of amides is 2. The summed E-state index contributed by atoms with van der Waals surface area (Å²) in [5.41, 5.74) is 5.62. The van der Waals surface area contributed by atoms with E-state index in [-0.39, 0.29) is 28.6 Å². The molecule has 1 saturated carbocycles. The van der Waals surface area contributed by atoms with Gasteiger partial charge in [-0.3, -0.25) is 9.59 Å². The highest BCUT2D eigenvalue weighted by Gasteiger charge is 2.44. The van der Waals surface area contributed by atoms with Crippen LogP contribution in [0.15, 0.2) is 18.2 Å². The number of nitrogens with zero attached hydrogens (tertiary/aromatic N) is 1. The first kappa shape index (κ1) is 14.0. The Morgan fingerprint density at radius 1 is 1.05 bits per heavy atom. The SMILES string of the molecule is Nc1ccc(N2C(=O)CC3(CCCCC3)CC2=O)c(F)c1. The maximum Gasteiger partial charge on any atom is 0.234 e. The van der Waals surface area contributed by atoms with Gasteiger partial charge in [-0.2, -0.15) is 0 Å². The zero-order valence-electron chi connectivity index (χ0n) is 11.9. The average Bonchev–Trinajstić information content (AvgIpc) is 2.41. The number of halogens is 1. The molecule has 2 N–H and O–H groups in total. The highest BCUT2D eigenvalue weighted by molar-refractivity contribution is 6.17. The molecule has 1 aliphatic carbocycles. The largest absolute Gasteiger partial charge is 0.399 e. The Balaban J connectivity index is 1.88. The van der Waals surface area contributed by atoms with Gasteiger partial charge in [-0.25, -0.2) is 9.29 Å². The van der Waals surface area contributed by atoms with Crippen LogP contribution in [0, 0.1) is 11.2 Å². The van der Waals surface area contributed by atoms with Gasteiger partial charge in [0, 0.05) is 18.5 Å². The molecule has 5 heteroatoms. The lowest BCUT2D eigenvalue weighted by Gasteiger charge is -2.42. The number of carbonyl (C=O) groups excluding carboxylic acids is 2. The molecule has 112 valence electrons. The number of nitrogens with two attached hydrogens (primary N) is 1. The van der Waals surface area contributed by atoms with Crippen LogP contribution in [0.3, 0.4) is 0 Å². The van der Waals surface area contributed by atoms with Crippen LogP contribution in [0.2, 0.25) is 0 Å². The summed E-state index contributed by atoms with van der Waals surface area (Å²) < 4.78 is 14.0. The van der Waals surface area contributed by atoms with Gasteiger partial charge in [-0.1, -0.05) is 19.3 Å². The lowest BCUT2D eigenvalue weighted by molar-refractivity contribution is -0.134. The van der Waals surface area contributed by atoms with E-state index in [0.717, 1.165) is 36.6 Å². The van der Waals surface area contributed by atoms with Crippen molar-refractivity contribution in [2.45, 2.75) is 44.9 Å². The number of carbonyl (C=O) groups is 2. The van der Waals surface area contributed by atoms with Gasteiger partial charge in [-0.05, 0) is 36.5 Å². The van der Waals surface area contributed by atoms with Crippen molar-refractivity contribution in [1.29, 1.82) is 0 Å². The van der Waals surface area contributed by atoms with Crippen molar-refractivity contribution in [1.82, 2.24) is 0 Å². The third-order valence-corrected chi connectivity index (χ3v) is 4.68. The van der Waals surface area contributed by atoms with E-state index in [1.54, 1.807) is 0 Å².